The number of nitrogens with two attached hydrogens (primary N) is 1. The van der Waals surface area contributed by atoms with E-state index in [4.69, 9.17) is 5.73 Å². The average molecular weight is 277 g/mol. The summed E-state index contributed by atoms with van der Waals surface area (Å²) >= 11 is 0. The van der Waals surface area contributed by atoms with Crippen molar-refractivity contribution in [3.63, 3.8) is 0 Å². The van der Waals surface area contributed by atoms with Crippen molar-refractivity contribution in [2.24, 2.45) is 11.7 Å². The van der Waals surface area contributed by atoms with E-state index in [9.17, 15) is 4.79 Å². The lowest BCUT2D eigenvalue weighted by atomic mass is 10.0. The van der Waals surface area contributed by atoms with Crippen LogP contribution in [0.3, 0.4) is 0 Å². The first kappa shape index (κ1) is 16.7. The fourth-order valence-electron chi connectivity index (χ4n) is 2.42. The first-order valence-electron chi connectivity index (χ1n) is 7.20. The van der Waals surface area contributed by atoms with E-state index >= 15 is 0 Å². The summed E-state index contributed by atoms with van der Waals surface area (Å²) in [4.78, 5) is 14.5. The van der Waals surface area contributed by atoms with Crippen molar-refractivity contribution in [2.45, 2.75) is 26.3 Å². The molecule has 1 unspecified atom stereocenters. The Kier molecular flexibility index (Phi) is 6.68. The maximum Gasteiger partial charge on any atom is 0.251 e. The van der Waals surface area contributed by atoms with Crippen LogP contribution in [0.4, 0.5) is 0 Å². The molecule has 0 aromatic heterocycles. The Morgan fingerprint density at radius 3 is 2.50 bits per heavy atom. The molecule has 0 saturated heterocycles. The molecular weight excluding hydrogens is 250 g/mol. The number of amides is 1. The molecule has 1 rings (SSSR count). The first-order chi connectivity index (χ1) is 9.47. The number of likely N-dealkylation sites (N-methyl/N-ethyl adjacent to an activating group) is 1. The lowest BCUT2D eigenvalue weighted by Crippen LogP contribution is -2.43. The summed E-state index contributed by atoms with van der Waals surface area (Å²) < 4.78 is 0. The second-order valence-electron chi connectivity index (χ2n) is 5.68. The van der Waals surface area contributed by atoms with Gasteiger partial charge in [0.05, 0.1) is 0 Å². The van der Waals surface area contributed by atoms with Crippen LogP contribution in [0.1, 0.15) is 29.8 Å². The van der Waals surface area contributed by atoms with Crippen LogP contribution >= 0.6 is 0 Å². The smallest absolute Gasteiger partial charge is 0.251 e. The normalized spacial score (nSPS) is 12.8. The van der Waals surface area contributed by atoms with E-state index in [-0.39, 0.29) is 5.91 Å². The number of nitrogens with one attached hydrogen (secondary N) is 1. The highest BCUT2D eigenvalue weighted by Gasteiger charge is 2.17. The molecule has 0 fully saturated rings. The first-order valence-corrected chi connectivity index (χ1v) is 7.20. The molecule has 1 atom stereocenters. The number of benzene rings is 1. The minimum Gasteiger partial charge on any atom is -0.350 e. The molecule has 0 radical (unpaired) electrons. The van der Waals surface area contributed by atoms with Crippen LogP contribution in [-0.4, -0.2) is 44.0 Å². The molecule has 0 spiro atoms. The minimum atomic E-state index is -0.0125. The van der Waals surface area contributed by atoms with Crippen LogP contribution in [0.25, 0.3) is 0 Å². The van der Waals surface area contributed by atoms with Gasteiger partial charge in [-0.2, -0.15) is 0 Å². The molecule has 0 aliphatic carbocycles. The molecule has 1 amide bonds. The van der Waals surface area contributed by atoms with Gasteiger partial charge in [0.1, 0.15) is 0 Å². The molecule has 0 saturated carbocycles. The van der Waals surface area contributed by atoms with Gasteiger partial charge in [0.15, 0.2) is 0 Å². The van der Waals surface area contributed by atoms with Crippen LogP contribution in [-0.2, 0) is 6.42 Å². The quantitative estimate of drug-likeness (QED) is 0.794. The zero-order valence-electron chi connectivity index (χ0n) is 13.0. The van der Waals surface area contributed by atoms with Gasteiger partial charge < -0.3 is 16.0 Å². The van der Waals surface area contributed by atoms with Gasteiger partial charge in [0, 0.05) is 18.2 Å². The number of hydrogen-bond donors (Lipinski definition) is 2. The van der Waals surface area contributed by atoms with Crippen molar-refractivity contribution in [2.75, 3.05) is 27.2 Å². The van der Waals surface area contributed by atoms with Gasteiger partial charge in [-0.05, 0) is 44.6 Å². The van der Waals surface area contributed by atoms with Crippen molar-refractivity contribution in [3.05, 3.63) is 35.4 Å². The van der Waals surface area contributed by atoms with Gasteiger partial charge in [-0.15, -0.1) is 0 Å². The zero-order chi connectivity index (χ0) is 15.1. The van der Waals surface area contributed by atoms with Gasteiger partial charge in [0.2, 0.25) is 0 Å². The van der Waals surface area contributed by atoms with Crippen molar-refractivity contribution in [1.29, 1.82) is 0 Å². The van der Waals surface area contributed by atoms with Gasteiger partial charge in [-0.25, -0.2) is 0 Å². The van der Waals surface area contributed by atoms with Crippen LogP contribution < -0.4 is 11.1 Å². The third-order valence-electron chi connectivity index (χ3n) is 3.58. The lowest BCUT2D eigenvalue weighted by Gasteiger charge is -2.28. The number of carbonyl (C=O) groups excluding carboxylic acids is 1. The summed E-state index contributed by atoms with van der Waals surface area (Å²) in [7, 11) is 4.08. The fraction of sp³-hybridized carbons (Fsp3) is 0.562. The molecular formula is C16H27N3O. The highest BCUT2D eigenvalue weighted by molar-refractivity contribution is 5.95. The molecule has 1 aromatic carbocycles. The largest absolute Gasteiger partial charge is 0.350 e. The summed E-state index contributed by atoms with van der Waals surface area (Å²) in [6.07, 6.45) is 0.727. The van der Waals surface area contributed by atoms with Crippen molar-refractivity contribution in [1.82, 2.24) is 10.2 Å². The van der Waals surface area contributed by atoms with Crippen LogP contribution in [0.5, 0.6) is 0 Å². The second kappa shape index (κ2) is 8.02. The standard InChI is InChI=1S/C16H27N3O/c1-12(2)15(19(3)4)11-18-16(20)14-8-6-5-7-13(14)9-10-17/h5-8,12,15H,9-11,17H2,1-4H3,(H,18,20). The predicted octanol–water partition coefficient (Wildman–Crippen LogP) is 1.50. The molecule has 112 valence electrons. The van der Waals surface area contributed by atoms with E-state index in [2.05, 4.69) is 24.1 Å². The Morgan fingerprint density at radius 2 is 1.95 bits per heavy atom. The van der Waals surface area contributed by atoms with E-state index < -0.39 is 0 Å². The van der Waals surface area contributed by atoms with Gasteiger partial charge in [-0.3, -0.25) is 4.79 Å². The molecule has 20 heavy (non-hydrogen) atoms. The minimum absolute atomic E-state index is 0.0125. The summed E-state index contributed by atoms with van der Waals surface area (Å²) in [5.74, 6) is 0.478. The Morgan fingerprint density at radius 1 is 1.30 bits per heavy atom. The van der Waals surface area contributed by atoms with Crippen molar-refractivity contribution in [3.8, 4) is 0 Å². The maximum atomic E-state index is 12.3. The molecule has 0 bridgehead atoms. The fourth-order valence-corrected chi connectivity index (χ4v) is 2.42. The Hall–Kier alpha value is -1.39. The van der Waals surface area contributed by atoms with E-state index in [1.807, 2.05) is 38.4 Å². The molecule has 0 aliphatic rings. The third-order valence-corrected chi connectivity index (χ3v) is 3.58. The number of hydrogen-bond acceptors (Lipinski definition) is 3. The van der Waals surface area contributed by atoms with E-state index in [1.54, 1.807) is 0 Å². The van der Waals surface area contributed by atoms with Crippen molar-refractivity contribution < 1.29 is 4.79 Å². The molecule has 3 N–H and O–H groups in total. The number of carbonyl (C=O) groups is 1. The van der Waals surface area contributed by atoms with Crippen LogP contribution in [0.15, 0.2) is 24.3 Å². The summed E-state index contributed by atoms with van der Waals surface area (Å²) in [6.45, 7) is 5.54. The third kappa shape index (κ3) is 4.62. The van der Waals surface area contributed by atoms with Crippen LogP contribution in [0, 0.1) is 5.92 Å². The maximum absolute atomic E-state index is 12.3. The molecule has 1 aromatic rings. The lowest BCUT2D eigenvalue weighted by molar-refractivity contribution is 0.0934. The van der Waals surface area contributed by atoms with E-state index in [0.717, 1.165) is 17.5 Å². The zero-order valence-corrected chi connectivity index (χ0v) is 13.0. The molecule has 4 heteroatoms. The Bertz CT molecular complexity index is 421. The van der Waals surface area contributed by atoms with Crippen LogP contribution in [0.2, 0.25) is 0 Å². The number of rotatable bonds is 7. The number of nitrogens with zero attached hydrogens (tertiary/aromatic N) is 1. The van der Waals surface area contributed by atoms with Crippen molar-refractivity contribution >= 4 is 5.91 Å². The predicted molar refractivity (Wildman–Crippen MR) is 83.8 cm³/mol. The topological polar surface area (TPSA) is 58.4 Å². The van der Waals surface area contributed by atoms with E-state index in [1.165, 1.54) is 0 Å². The average Bonchev–Trinajstić information content (AvgIpc) is 2.39. The Balaban J connectivity index is 2.71. The second-order valence-corrected chi connectivity index (χ2v) is 5.68. The summed E-state index contributed by atoms with van der Waals surface area (Å²) in [5, 5.41) is 3.04. The van der Waals surface area contributed by atoms with E-state index in [0.29, 0.717) is 25.0 Å². The Labute approximate surface area is 122 Å². The van der Waals surface area contributed by atoms with Gasteiger partial charge >= 0.3 is 0 Å². The monoisotopic (exact) mass is 277 g/mol. The molecule has 0 aliphatic heterocycles. The van der Waals surface area contributed by atoms with Gasteiger partial charge in [-0.1, -0.05) is 32.0 Å². The SMILES string of the molecule is CC(C)C(CNC(=O)c1ccccc1CCN)N(C)C. The molecule has 4 nitrogen and oxygen atoms in total. The highest BCUT2D eigenvalue weighted by atomic mass is 16.1. The highest BCUT2D eigenvalue weighted by Crippen LogP contribution is 2.10. The summed E-state index contributed by atoms with van der Waals surface area (Å²) in [5.41, 5.74) is 7.34. The molecule has 0 heterocycles. The van der Waals surface area contributed by atoms with Gasteiger partial charge in [0.25, 0.3) is 5.91 Å². The summed E-state index contributed by atoms with van der Waals surface area (Å²) in [6, 6.07) is 7.99.